The molecule has 3 rings (SSSR count). The topological polar surface area (TPSA) is 22.0 Å². The van der Waals surface area contributed by atoms with Crippen molar-refractivity contribution in [2.45, 2.75) is 18.9 Å². The quantitative estimate of drug-likeness (QED) is 0.437. The third kappa shape index (κ3) is 1.38. The largest absolute Gasteiger partial charge is 0.342 e. The van der Waals surface area contributed by atoms with Crippen molar-refractivity contribution in [2.75, 3.05) is 0 Å². The number of pyridine rings is 1. The number of rotatable bonds is 1. The van der Waals surface area contributed by atoms with E-state index in [-0.39, 0.29) is 6.04 Å². The van der Waals surface area contributed by atoms with Crippen LogP contribution in [-0.2, 0) is 0 Å². The van der Waals surface area contributed by atoms with Crippen LogP contribution in [0.15, 0.2) is 17.1 Å². The monoisotopic (exact) mass is 257 g/mol. The van der Waals surface area contributed by atoms with Gasteiger partial charge in [0.25, 0.3) is 0 Å². The van der Waals surface area contributed by atoms with E-state index in [9.17, 15) is 22.4 Å². The molecule has 2 aromatic rings. The maximum Gasteiger partial charge on any atom is 0.199 e. The van der Waals surface area contributed by atoms with Crippen LogP contribution in [0.5, 0.6) is 0 Å². The molecule has 1 heterocycles. The summed E-state index contributed by atoms with van der Waals surface area (Å²) in [7, 11) is 0. The van der Waals surface area contributed by atoms with Gasteiger partial charge in [0, 0.05) is 18.3 Å². The highest BCUT2D eigenvalue weighted by molar-refractivity contribution is 5.80. The van der Waals surface area contributed by atoms with Gasteiger partial charge < -0.3 is 4.57 Å². The van der Waals surface area contributed by atoms with Gasteiger partial charge in [-0.15, -0.1) is 0 Å². The summed E-state index contributed by atoms with van der Waals surface area (Å²) < 4.78 is 54.9. The van der Waals surface area contributed by atoms with Crippen molar-refractivity contribution in [1.29, 1.82) is 0 Å². The first-order chi connectivity index (χ1) is 8.52. The van der Waals surface area contributed by atoms with E-state index < -0.39 is 39.6 Å². The molecular formula is C12H7F4NO. The number of nitrogens with zero attached hydrogens (tertiary/aromatic N) is 1. The highest BCUT2D eigenvalue weighted by atomic mass is 19.2. The Morgan fingerprint density at radius 3 is 2.22 bits per heavy atom. The van der Waals surface area contributed by atoms with Gasteiger partial charge in [0.15, 0.2) is 28.7 Å². The Balaban J connectivity index is 2.56. The fourth-order valence-electron chi connectivity index (χ4n) is 2.05. The lowest BCUT2D eigenvalue weighted by Gasteiger charge is -2.11. The minimum absolute atomic E-state index is 0.0909. The molecule has 94 valence electrons. The third-order valence-corrected chi connectivity index (χ3v) is 3.07. The summed E-state index contributed by atoms with van der Waals surface area (Å²) in [6, 6.07) is 0.937. The van der Waals surface area contributed by atoms with Crippen LogP contribution < -0.4 is 5.43 Å². The Morgan fingerprint density at radius 2 is 1.61 bits per heavy atom. The van der Waals surface area contributed by atoms with Crippen LogP contribution >= 0.6 is 0 Å². The van der Waals surface area contributed by atoms with Gasteiger partial charge in [0.1, 0.15) is 0 Å². The number of aromatic nitrogens is 1. The maximum atomic E-state index is 13.7. The minimum Gasteiger partial charge on any atom is -0.342 e. The van der Waals surface area contributed by atoms with E-state index in [0.29, 0.717) is 0 Å². The molecule has 0 spiro atoms. The molecule has 0 N–H and O–H groups in total. The summed E-state index contributed by atoms with van der Waals surface area (Å²) >= 11 is 0. The van der Waals surface area contributed by atoms with Gasteiger partial charge >= 0.3 is 0 Å². The standard InChI is InChI=1S/C12H7F4NO/c13-8-7-6(18)3-4-17(5-1-2-5)12(7)11(16)10(15)9(8)14/h3-5H,1-2H2. The molecule has 1 fully saturated rings. The van der Waals surface area contributed by atoms with Crippen molar-refractivity contribution in [3.8, 4) is 0 Å². The first kappa shape index (κ1) is 11.3. The van der Waals surface area contributed by atoms with Crippen molar-refractivity contribution >= 4 is 10.9 Å². The predicted molar refractivity (Wildman–Crippen MR) is 56.3 cm³/mol. The fraction of sp³-hybridized carbons (Fsp3) is 0.250. The number of hydrogen-bond acceptors (Lipinski definition) is 1. The van der Waals surface area contributed by atoms with Crippen LogP contribution in [0.3, 0.4) is 0 Å². The average molecular weight is 257 g/mol. The molecular weight excluding hydrogens is 250 g/mol. The summed E-state index contributed by atoms with van der Waals surface area (Å²) in [5, 5.41) is -0.735. The number of halogens is 4. The highest BCUT2D eigenvalue weighted by Gasteiger charge is 2.29. The summed E-state index contributed by atoms with van der Waals surface area (Å²) in [6.45, 7) is 0. The molecule has 0 atom stereocenters. The van der Waals surface area contributed by atoms with Crippen LogP contribution in [0.2, 0.25) is 0 Å². The smallest absolute Gasteiger partial charge is 0.199 e. The van der Waals surface area contributed by atoms with Crippen molar-refractivity contribution in [3.05, 3.63) is 45.8 Å². The summed E-state index contributed by atoms with van der Waals surface area (Å²) in [6.07, 6.45) is 2.75. The Labute approximate surface area is 98.5 Å². The molecule has 0 bridgehead atoms. The lowest BCUT2D eigenvalue weighted by Crippen LogP contribution is -2.13. The van der Waals surface area contributed by atoms with Crippen LogP contribution in [0.25, 0.3) is 10.9 Å². The number of fused-ring (bicyclic) bond motifs is 1. The van der Waals surface area contributed by atoms with Gasteiger partial charge in [-0.3, -0.25) is 4.79 Å². The SMILES string of the molecule is O=c1ccn(C2CC2)c2c(F)c(F)c(F)c(F)c12. The Morgan fingerprint density at radius 1 is 1.00 bits per heavy atom. The van der Waals surface area contributed by atoms with E-state index in [2.05, 4.69) is 0 Å². The molecule has 1 aromatic heterocycles. The Kier molecular flexibility index (Phi) is 2.23. The molecule has 0 aliphatic heterocycles. The zero-order valence-corrected chi connectivity index (χ0v) is 9.01. The summed E-state index contributed by atoms with van der Waals surface area (Å²) in [5.74, 6) is -7.00. The fourth-order valence-corrected chi connectivity index (χ4v) is 2.05. The molecule has 1 aliphatic carbocycles. The average Bonchev–Trinajstić information content (AvgIpc) is 3.17. The van der Waals surface area contributed by atoms with Gasteiger partial charge in [-0.25, -0.2) is 17.6 Å². The van der Waals surface area contributed by atoms with Crippen LogP contribution in [0.4, 0.5) is 17.6 Å². The molecule has 18 heavy (non-hydrogen) atoms. The molecule has 2 nitrogen and oxygen atoms in total. The van der Waals surface area contributed by atoms with Gasteiger partial charge in [0.05, 0.1) is 10.9 Å². The van der Waals surface area contributed by atoms with E-state index in [1.54, 1.807) is 0 Å². The van der Waals surface area contributed by atoms with E-state index in [1.165, 1.54) is 10.8 Å². The van der Waals surface area contributed by atoms with E-state index >= 15 is 0 Å². The van der Waals surface area contributed by atoms with Crippen molar-refractivity contribution < 1.29 is 17.6 Å². The molecule has 1 saturated carbocycles. The van der Waals surface area contributed by atoms with Crippen molar-refractivity contribution in [2.24, 2.45) is 0 Å². The van der Waals surface area contributed by atoms with Crippen LogP contribution in [-0.4, -0.2) is 4.57 Å². The Hall–Kier alpha value is -1.85. The molecule has 0 unspecified atom stereocenters. The zero-order chi connectivity index (χ0) is 13.0. The third-order valence-electron chi connectivity index (χ3n) is 3.07. The van der Waals surface area contributed by atoms with Gasteiger partial charge in [0.2, 0.25) is 0 Å². The number of benzene rings is 1. The Bertz CT molecular complexity index is 718. The first-order valence-corrected chi connectivity index (χ1v) is 5.39. The van der Waals surface area contributed by atoms with Crippen molar-refractivity contribution in [1.82, 2.24) is 4.57 Å². The molecule has 6 heteroatoms. The van der Waals surface area contributed by atoms with Gasteiger partial charge in [-0.2, -0.15) is 0 Å². The lowest BCUT2D eigenvalue weighted by molar-refractivity contribution is 0.415. The first-order valence-electron chi connectivity index (χ1n) is 5.39. The zero-order valence-electron chi connectivity index (χ0n) is 9.01. The van der Waals surface area contributed by atoms with E-state index in [0.717, 1.165) is 18.9 Å². The highest BCUT2D eigenvalue weighted by Crippen LogP contribution is 2.38. The minimum atomic E-state index is -1.95. The molecule has 1 aliphatic rings. The summed E-state index contributed by atoms with van der Waals surface area (Å²) in [4.78, 5) is 11.5. The second kappa shape index (κ2) is 3.57. The van der Waals surface area contributed by atoms with Gasteiger partial charge in [-0.1, -0.05) is 0 Å². The molecule has 0 amide bonds. The molecule has 1 aromatic carbocycles. The van der Waals surface area contributed by atoms with Crippen LogP contribution in [0.1, 0.15) is 18.9 Å². The van der Waals surface area contributed by atoms with E-state index in [4.69, 9.17) is 0 Å². The summed E-state index contributed by atoms with van der Waals surface area (Å²) in [5.41, 5.74) is -1.36. The normalized spacial score (nSPS) is 15.3. The second-order valence-electron chi connectivity index (χ2n) is 4.30. The second-order valence-corrected chi connectivity index (χ2v) is 4.30. The van der Waals surface area contributed by atoms with Gasteiger partial charge in [-0.05, 0) is 12.8 Å². The molecule has 0 saturated heterocycles. The molecule has 0 radical (unpaired) electrons. The lowest BCUT2D eigenvalue weighted by atomic mass is 10.1. The van der Waals surface area contributed by atoms with Crippen molar-refractivity contribution in [3.63, 3.8) is 0 Å². The van der Waals surface area contributed by atoms with Crippen LogP contribution in [0, 0.1) is 23.3 Å². The predicted octanol–water partition coefficient (Wildman–Crippen LogP) is 2.89. The number of hydrogen-bond donors (Lipinski definition) is 0. The maximum absolute atomic E-state index is 13.7. The van der Waals surface area contributed by atoms with E-state index in [1.807, 2.05) is 0 Å².